The fraction of sp³-hybridized carbons (Fsp3) is 0. The first-order chi connectivity index (χ1) is 28.8. The largest absolute Gasteiger partial charge is 2.00 e. The van der Waals surface area contributed by atoms with E-state index in [9.17, 15) is 34.5 Å². The van der Waals surface area contributed by atoms with Crippen LogP contribution >= 0.6 is 0 Å². The summed E-state index contributed by atoms with van der Waals surface area (Å²) in [5.74, 6) is 0. The molecule has 0 amide bonds. The van der Waals surface area contributed by atoms with E-state index in [1.54, 1.807) is 24.9 Å². The van der Waals surface area contributed by atoms with Crippen molar-refractivity contribution in [2.75, 3.05) is 0 Å². The van der Waals surface area contributed by atoms with Crippen LogP contribution in [0.2, 0.25) is 0 Å². The second kappa shape index (κ2) is 28.6. The van der Waals surface area contributed by atoms with Gasteiger partial charge in [-0.15, -0.1) is 0 Å². The predicted octanol–water partition coefficient (Wildman–Crippen LogP) is 13.4. The van der Waals surface area contributed by atoms with Crippen molar-refractivity contribution in [3.05, 3.63) is 217 Å². The molecule has 2 heterocycles. The van der Waals surface area contributed by atoms with E-state index < -0.39 is 14.5 Å². The van der Waals surface area contributed by atoms with Crippen LogP contribution < -0.4 is 0 Å². The van der Waals surface area contributed by atoms with Gasteiger partial charge in [0.1, 0.15) is 0 Å². The van der Waals surface area contributed by atoms with E-state index in [-0.39, 0.29) is 16.8 Å². The summed E-state index contributed by atoms with van der Waals surface area (Å²) in [6.07, 6.45) is 7.04. The van der Waals surface area contributed by atoms with E-state index in [0.29, 0.717) is 0 Å². The van der Waals surface area contributed by atoms with Crippen molar-refractivity contribution in [1.29, 1.82) is 0 Å². The topological polar surface area (TPSA) is 75.2 Å². The Kier molecular flexibility index (Phi) is 23.5. The summed E-state index contributed by atoms with van der Waals surface area (Å²) in [7, 11) is -12.0. The monoisotopic (exact) mass is 881 g/mol. The third-order valence-corrected chi connectivity index (χ3v) is 6.66. The Morgan fingerprint density at radius 1 is 0.279 bits per heavy atom. The summed E-state index contributed by atoms with van der Waals surface area (Å²) < 4.78 is 78.0. The van der Waals surface area contributed by atoms with Gasteiger partial charge in [-0.25, -0.2) is 9.97 Å². The summed E-state index contributed by atoms with van der Waals surface area (Å²) in [5.41, 5.74) is 6.86. The fourth-order valence-corrected chi connectivity index (χ4v) is 4.23. The molecule has 313 valence electrons. The molecule has 0 unspecified atom stereocenters. The molecule has 0 saturated heterocycles. The molecule has 0 N–H and O–H groups in total. The van der Waals surface area contributed by atoms with Crippen LogP contribution in [-0.2, 0) is 16.8 Å². The zero-order valence-electron chi connectivity index (χ0n) is 32.0. The van der Waals surface area contributed by atoms with E-state index in [2.05, 4.69) is 29.9 Å². The molecule has 61 heavy (non-hydrogen) atoms. The molecule has 7 aromatic rings. The van der Waals surface area contributed by atoms with Gasteiger partial charge in [-0.2, -0.15) is 0 Å². The van der Waals surface area contributed by atoms with Crippen molar-refractivity contribution in [3.8, 4) is 0 Å². The first kappa shape index (κ1) is 50.3. The minimum atomic E-state index is -6.00. The number of aliphatic imine (C=N–C) groups is 4. The first-order valence-electron chi connectivity index (χ1n) is 17.9. The maximum absolute atomic E-state index is 9.75. The van der Waals surface area contributed by atoms with Gasteiger partial charge in [0.05, 0.1) is 70.4 Å². The quantitative estimate of drug-likeness (QED) is 0.0866. The van der Waals surface area contributed by atoms with Gasteiger partial charge in [0.25, 0.3) is 0 Å². The Morgan fingerprint density at radius 2 is 0.443 bits per heavy atom. The zero-order valence-corrected chi connectivity index (χ0v) is 33.0. The third-order valence-electron chi connectivity index (χ3n) is 6.66. The normalized spacial score (nSPS) is 10.9. The Balaban J connectivity index is 0.000000306. The van der Waals surface area contributed by atoms with Gasteiger partial charge in [-0.1, -0.05) is 121 Å². The molecule has 6 nitrogen and oxygen atoms in total. The van der Waals surface area contributed by atoms with E-state index in [1.807, 2.05) is 194 Å². The van der Waals surface area contributed by atoms with E-state index in [4.69, 9.17) is 0 Å². The second-order valence-corrected chi connectivity index (χ2v) is 11.5. The van der Waals surface area contributed by atoms with Crippen molar-refractivity contribution in [3.63, 3.8) is 0 Å². The number of para-hydroxylation sites is 4. The molecule has 1 radical (unpaired) electrons. The molecule has 0 spiro atoms. The molecular weight excluding hydrogens is 845 g/mol. The number of rotatable bonds is 8. The van der Waals surface area contributed by atoms with Gasteiger partial charge in [0, 0.05) is 0 Å². The van der Waals surface area contributed by atoms with E-state index in [0.717, 1.165) is 45.5 Å². The van der Waals surface area contributed by atoms with Crippen LogP contribution in [-0.4, -0.2) is 49.3 Å². The van der Waals surface area contributed by atoms with Crippen LogP contribution in [0.5, 0.6) is 0 Å². The number of pyridine rings is 2. The molecule has 0 aliphatic carbocycles. The van der Waals surface area contributed by atoms with Gasteiger partial charge in [0.15, 0.2) is 0 Å². The number of hydrogen-bond acceptors (Lipinski definition) is 6. The third kappa shape index (κ3) is 27.5. The molecule has 0 saturated carbocycles. The first-order valence-corrected chi connectivity index (χ1v) is 17.9. The Hall–Kier alpha value is -6.84. The SMILES string of the molecule is C(=Nc1ccccc1)c1cccc(C=Nc2ccccc2)n1.C(=Nc1ccccc1)c1cccc(C=Nc2ccccc2)n1.F[B-](F)(F)F.F[B-](F)(F)F.[Co+2].c1ccccc1. The van der Waals surface area contributed by atoms with Crippen LogP contribution in [0.4, 0.5) is 57.3 Å². The summed E-state index contributed by atoms with van der Waals surface area (Å²) in [5, 5.41) is 0. The minimum absolute atomic E-state index is 0. The van der Waals surface area contributed by atoms with Crippen molar-refractivity contribution in [2.45, 2.75) is 0 Å². The summed E-state index contributed by atoms with van der Waals surface area (Å²) in [4.78, 5) is 26.6. The van der Waals surface area contributed by atoms with Gasteiger partial charge < -0.3 is 34.5 Å². The van der Waals surface area contributed by atoms with Crippen molar-refractivity contribution >= 4 is 62.1 Å². The molecular formula is C44H36B2CoF8N6. The average molecular weight is 881 g/mol. The van der Waals surface area contributed by atoms with E-state index in [1.165, 1.54) is 0 Å². The fourth-order valence-electron chi connectivity index (χ4n) is 4.23. The van der Waals surface area contributed by atoms with Gasteiger partial charge in [-0.05, 0) is 72.8 Å². The van der Waals surface area contributed by atoms with Crippen LogP contribution in [0.3, 0.4) is 0 Å². The van der Waals surface area contributed by atoms with Crippen LogP contribution in [0.15, 0.2) is 214 Å². The summed E-state index contributed by atoms with van der Waals surface area (Å²) >= 11 is 0. The summed E-state index contributed by atoms with van der Waals surface area (Å²) in [6, 6.07) is 62.8. The maximum Gasteiger partial charge on any atom is 2.00 e. The van der Waals surface area contributed by atoms with Crippen LogP contribution in [0, 0.1) is 0 Å². The molecule has 17 heteroatoms. The Labute approximate surface area is 359 Å². The molecule has 0 aliphatic rings. The number of nitrogens with zero attached hydrogens (tertiary/aromatic N) is 6. The van der Waals surface area contributed by atoms with Crippen LogP contribution in [0.25, 0.3) is 0 Å². The molecule has 0 aliphatic heterocycles. The average Bonchev–Trinajstić information content (AvgIpc) is 3.25. The summed E-state index contributed by atoms with van der Waals surface area (Å²) in [6.45, 7) is 0. The maximum atomic E-state index is 9.75. The van der Waals surface area contributed by atoms with Crippen molar-refractivity contribution in [1.82, 2.24) is 9.97 Å². The van der Waals surface area contributed by atoms with Gasteiger partial charge in [-0.3, -0.25) is 20.0 Å². The van der Waals surface area contributed by atoms with Crippen LogP contribution in [0.1, 0.15) is 22.8 Å². The van der Waals surface area contributed by atoms with Crippen molar-refractivity contribution < 1.29 is 51.3 Å². The smallest absolute Gasteiger partial charge is 0.418 e. The molecule has 0 atom stereocenters. The second-order valence-electron chi connectivity index (χ2n) is 11.5. The molecule has 7 rings (SSSR count). The molecule has 0 fully saturated rings. The number of benzene rings is 5. The molecule has 5 aromatic carbocycles. The number of aromatic nitrogens is 2. The Bertz CT molecular complexity index is 2010. The molecule has 2 aromatic heterocycles. The van der Waals surface area contributed by atoms with E-state index >= 15 is 0 Å². The standard InChI is InChI=1S/2C19H15N3.C6H6.2BF4.Co/c2*1-3-8-16(9-4-1)20-14-18-12-7-13-19(22-18)15-21-17-10-5-2-6-11-17;1-2-4-6-5-3-1;2*2-1(3,4)5;/h2*1-15H;1-6H;;;/q;;;2*-1;+2. The minimum Gasteiger partial charge on any atom is -0.418 e. The zero-order chi connectivity index (χ0) is 43.3. The Morgan fingerprint density at radius 3 is 0.623 bits per heavy atom. The number of halogens is 8. The van der Waals surface area contributed by atoms with Crippen molar-refractivity contribution in [2.24, 2.45) is 20.0 Å². The van der Waals surface area contributed by atoms with Gasteiger partial charge in [0.2, 0.25) is 0 Å². The number of hydrogen-bond donors (Lipinski definition) is 0. The van der Waals surface area contributed by atoms with Gasteiger partial charge >= 0.3 is 31.3 Å². The molecule has 0 bridgehead atoms. The predicted molar refractivity (Wildman–Crippen MR) is 230 cm³/mol.